The van der Waals surface area contributed by atoms with Gasteiger partial charge in [0.05, 0.1) is 6.10 Å². The maximum absolute atomic E-state index is 9.33. The lowest BCUT2D eigenvalue weighted by atomic mass is 9.95. The van der Waals surface area contributed by atoms with E-state index in [-0.39, 0.29) is 11.5 Å². The van der Waals surface area contributed by atoms with Crippen molar-refractivity contribution >= 4 is 0 Å². The van der Waals surface area contributed by atoms with Crippen LogP contribution in [0, 0.1) is 5.41 Å². The van der Waals surface area contributed by atoms with Gasteiger partial charge in [0.15, 0.2) is 0 Å². The third kappa shape index (κ3) is 7.60. The van der Waals surface area contributed by atoms with Crippen LogP contribution in [0.5, 0.6) is 0 Å². The van der Waals surface area contributed by atoms with Crippen LogP contribution in [-0.4, -0.2) is 11.2 Å². The number of hydrogen-bond acceptors (Lipinski definition) is 1. The summed E-state index contributed by atoms with van der Waals surface area (Å²) in [6, 6.07) is 0. The van der Waals surface area contributed by atoms with Crippen molar-refractivity contribution in [3.63, 3.8) is 0 Å². The molecule has 0 aliphatic carbocycles. The summed E-state index contributed by atoms with van der Waals surface area (Å²) in [4.78, 5) is 0. The fourth-order valence-corrected chi connectivity index (χ4v) is 0.792. The molecular weight excluding hydrogens is 136 g/mol. The molecule has 0 bridgehead atoms. The van der Waals surface area contributed by atoms with Gasteiger partial charge >= 0.3 is 0 Å². The fraction of sp³-hybridized carbons (Fsp3) is 0.800. The lowest BCUT2D eigenvalue weighted by molar-refractivity contribution is 0.210. The molecule has 1 atom stereocenters. The van der Waals surface area contributed by atoms with Crippen molar-refractivity contribution < 1.29 is 5.11 Å². The van der Waals surface area contributed by atoms with E-state index in [1.165, 1.54) is 0 Å². The van der Waals surface area contributed by atoms with Gasteiger partial charge in [0.1, 0.15) is 0 Å². The van der Waals surface area contributed by atoms with Gasteiger partial charge in [-0.25, -0.2) is 0 Å². The average Bonchev–Trinajstić information content (AvgIpc) is 1.83. The Balaban J connectivity index is 3.73. The SMILES string of the molecule is CCCC(O)C=CC(C)(C)C. The van der Waals surface area contributed by atoms with E-state index in [0.717, 1.165) is 12.8 Å². The molecule has 1 N–H and O–H groups in total. The maximum atomic E-state index is 9.33. The summed E-state index contributed by atoms with van der Waals surface area (Å²) >= 11 is 0. The Bertz CT molecular complexity index is 119. The zero-order valence-electron chi connectivity index (χ0n) is 8.09. The Labute approximate surface area is 70.1 Å². The van der Waals surface area contributed by atoms with E-state index in [0.29, 0.717) is 0 Å². The number of allylic oxidation sites excluding steroid dienone is 1. The van der Waals surface area contributed by atoms with Crippen LogP contribution in [-0.2, 0) is 0 Å². The van der Waals surface area contributed by atoms with Crippen LogP contribution in [0.3, 0.4) is 0 Å². The molecule has 0 aromatic heterocycles. The van der Waals surface area contributed by atoms with Crippen molar-refractivity contribution in [2.75, 3.05) is 0 Å². The molecule has 66 valence electrons. The highest BCUT2D eigenvalue weighted by atomic mass is 16.3. The molecule has 0 saturated carbocycles. The van der Waals surface area contributed by atoms with Crippen molar-refractivity contribution in [2.45, 2.75) is 46.6 Å². The smallest absolute Gasteiger partial charge is 0.0721 e. The van der Waals surface area contributed by atoms with E-state index in [9.17, 15) is 5.11 Å². The zero-order chi connectivity index (χ0) is 8.91. The summed E-state index contributed by atoms with van der Waals surface area (Å²) < 4.78 is 0. The third-order valence-electron chi connectivity index (χ3n) is 1.40. The van der Waals surface area contributed by atoms with Gasteiger partial charge in [-0.1, -0.05) is 46.3 Å². The van der Waals surface area contributed by atoms with Crippen molar-refractivity contribution in [3.8, 4) is 0 Å². The van der Waals surface area contributed by atoms with Crippen molar-refractivity contribution in [1.82, 2.24) is 0 Å². The Morgan fingerprint density at radius 2 is 1.91 bits per heavy atom. The molecule has 0 spiro atoms. The second kappa shape index (κ2) is 4.55. The molecule has 0 heterocycles. The van der Waals surface area contributed by atoms with Crippen LogP contribution >= 0.6 is 0 Å². The molecule has 0 aliphatic rings. The molecule has 0 aliphatic heterocycles. The Morgan fingerprint density at radius 3 is 2.27 bits per heavy atom. The first-order chi connectivity index (χ1) is 4.95. The lowest BCUT2D eigenvalue weighted by Gasteiger charge is -2.12. The van der Waals surface area contributed by atoms with Crippen molar-refractivity contribution in [3.05, 3.63) is 12.2 Å². The second-order valence-corrected chi connectivity index (χ2v) is 4.08. The standard InChI is InChI=1S/C10H20O/c1-5-6-9(11)7-8-10(2,3)4/h7-9,11H,5-6H2,1-4H3. The number of rotatable bonds is 3. The van der Waals surface area contributed by atoms with E-state index in [1.54, 1.807) is 0 Å². The predicted octanol–water partition coefficient (Wildman–Crippen LogP) is 2.75. The first-order valence-corrected chi connectivity index (χ1v) is 4.33. The van der Waals surface area contributed by atoms with E-state index in [4.69, 9.17) is 0 Å². The molecule has 0 aromatic rings. The van der Waals surface area contributed by atoms with Gasteiger partial charge in [-0.3, -0.25) is 0 Å². The van der Waals surface area contributed by atoms with Crippen molar-refractivity contribution in [1.29, 1.82) is 0 Å². The van der Waals surface area contributed by atoms with E-state index in [1.807, 2.05) is 6.08 Å². The minimum Gasteiger partial charge on any atom is -0.389 e. The first-order valence-electron chi connectivity index (χ1n) is 4.33. The summed E-state index contributed by atoms with van der Waals surface area (Å²) in [5, 5.41) is 9.33. The molecular formula is C10H20O. The lowest BCUT2D eigenvalue weighted by Crippen LogP contribution is -2.05. The summed E-state index contributed by atoms with van der Waals surface area (Å²) in [7, 11) is 0. The minimum absolute atomic E-state index is 0.189. The largest absolute Gasteiger partial charge is 0.389 e. The summed E-state index contributed by atoms with van der Waals surface area (Å²) in [5.41, 5.74) is 0.189. The van der Waals surface area contributed by atoms with Gasteiger partial charge < -0.3 is 5.11 Å². The molecule has 0 aromatic carbocycles. The van der Waals surface area contributed by atoms with Crippen LogP contribution in [0.25, 0.3) is 0 Å². The molecule has 0 amide bonds. The molecule has 0 radical (unpaired) electrons. The average molecular weight is 156 g/mol. The summed E-state index contributed by atoms with van der Waals surface area (Å²) in [6.45, 7) is 8.46. The highest BCUT2D eigenvalue weighted by Crippen LogP contribution is 2.15. The predicted molar refractivity (Wildman–Crippen MR) is 49.5 cm³/mol. The molecule has 0 fully saturated rings. The quantitative estimate of drug-likeness (QED) is 0.623. The Hall–Kier alpha value is -0.300. The highest BCUT2D eigenvalue weighted by molar-refractivity contribution is 4.95. The first kappa shape index (κ1) is 10.7. The topological polar surface area (TPSA) is 20.2 Å². The normalized spacial score (nSPS) is 15.7. The van der Waals surface area contributed by atoms with Crippen LogP contribution in [0.15, 0.2) is 12.2 Å². The van der Waals surface area contributed by atoms with Gasteiger partial charge in [-0.05, 0) is 11.8 Å². The monoisotopic (exact) mass is 156 g/mol. The van der Waals surface area contributed by atoms with Gasteiger partial charge in [0.2, 0.25) is 0 Å². The van der Waals surface area contributed by atoms with Gasteiger partial charge in [0.25, 0.3) is 0 Å². The van der Waals surface area contributed by atoms with Crippen LogP contribution in [0.4, 0.5) is 0 Å². The number of hydrogen-bond donors (Lipinski definition) is 1. The summed E-state index contributed by atoms with van der Waals surface area (Å²) in [6.07, 6.45) is 5.61. The summed E-state index contributed by atoms with van der Waals surface area (Å²) in [5.74, 6) is 0. The fourth-order valence-electron chi connectivity index (χ4n) is 0.792. The number of aliphatic hydroxyl groups is 1. The molecule has 1 heteroatoms. The van der Waals surface area contributed by atoms with Crippen LogP contribution < -0.4 is 0 Å². The molecule has 0 rings (SSSR count). The van der Waals surface area contributed by atoms with E-state index < -0.39 is 0 Å². The van der Waals surface area contributed by atoms with Crippen LogP contribution in [0.1, 0.15) is 40.5 Å². The van der Waals surface area contributed by atoms with Crippen molar-refractivity contribution in [2.24, 2.45) is 5.41 Å². The van der Waals surface area contributed by atoms with E-state index >= 15 is 0 Å². The molecule has 1 nitrogen and oxygen atoms in total. The Kier molecular flexibility index (Phi) is 4.43. The number of aliphatic hydroxyl groups excluding tert-OH is 1. The van der Waals surface area contributed by atoms with Crippen LogP contribution in [0.2, 0.25) is 0 Å². The Morgan fingerprint density at radius 1 is 1.36 bits per heavy atom. The van der Waals surface area contributed by atoms with Gasteiger partial charge in [0, 0.05) is 0 Å². The molecule has 0 saturated heterocycles. The minimum atomic E-state index is -0.251. The molecule has 1 unspecified atom stereocenters. The maximum Gasteiger partial charge on any atom is 0.0721 e. The van der Waals surface area contributed by atoms with Gasteiger partial charge in [-0.2, -0.15) is 0 Å². The highest BCUT2D eigenvalue weighted by Gasteiger charge is 2.05. The van der Waals surface area contributed by atoms with E-state index in [2.05, 4.69) is 33.8 Å². The third-order valence-corrected chi connectivity index (χ3v) is 1.40. The molecule has 11 heavy (non-hydrogen) atoms. The zero-order valence-corrected chi connectivity index (χ0v) is 8.09. The van der Waals surface area contributed by atoms with Gasteiger partial charge in [-0.15, -0.1) is 0 Å². The second-order valence-electron chi connectivity index (χ2n) is 4.08.